The third-order valence-electron chi connectivity index (χ3n) is 2.12. The molecule has 1 aromatic carbocycles. The molecule has 0 aliphatic rings. The second-order valence-corrected chi connectivity index (χ2v) is 3.84. The van der Waals surface area contributed by atoms with Crippen LogP contribution in [0.2, 0.25) is 5.02 Å². The van der Waals surface area contributed by atoms with Gasteiger partial charge in [-0.2, -0.15) is 0 Å². The number of aliphatic hydroxyl groups excluding tert-OH is 1. The predicted octanol–water partition coefficient (Wildman–Crippen LogP) is 1.74. The number of aliphatic hydroxyl groups is 1. The second kappa shape index (κ2) is 5.95. The van der Waals surface area contributed by atoms with Crippen LogP contribution in [-0.2, 0) is 0 Å². The summed E-state index contributed by atoms with van der Waals surface area (Å²) < 4.78 is 5.44. The van der Waals surface area contributed by atoms with Crippen LogP contribution in [0.15, 0.2) is 18.2 Å². The summed E-state index contributed by atoms with van der Waals surface area (Å²) in [7, 11) is 0. The Hall–Kier alpha value is -0.770. The van der Waals surface area contributed by atoms with Crippen molar-refractivity contribution in [2.24, 2.45) is 5.73 Å². The number of rotatable bonds is 5. The highest BCUT2D eigenvalue weighted by atomic mass is 35.5. The number of hydrogen-bond donors (Lipinski definition) is 2. The monoisotopic (exact) mass is 229 g/mol. The molecule has 1 atom stereocenters. The number of benzene rings is 1. The van der Waals surface area contributed by atoms with E-state index in [-0.39, 0.29) is 6.54 Å². The van der Waals surface area contributed by atoms with Crippen molar-refractivity contribution in [1.29, 1.82) is 0 Å². The number of nitrogens with two attached hydrogens (primary N) is 1. The molecule has 84 valence electrons. The molecule has 0 aromatic heterocycles. The standard InChI is InChI=1S/C11H16ClNO2/c1-8-6-10(2-3-11(8)12)15-5-4-9(14)7-13/h2-3,6,9,14H,4-5,7,13H2,1H3. The van der Waals surface area contributed by atoms with Gasteiger partial charge in [0.05, 0.1) is 12.7 Å². The fourth-order valence-corrected chi connectivity index (χ4v) is 1.26. The maximum Gasteiger partial charge on any atom is 0.119 e. The molecule has 0 saturated carbocycles. The van der Waals surface area contributed by atoms with Crippen molar-refractivity contribution in [3.05, 3.63) is 28.8 Å². The SMILES string of the molecule is Cc1cc(OCCC(O)CN)ccc1Cl. The zero-order valence-corrected chi connectivity index (χ0v) is 9.50. The summed E-state index contributed by atoms with van der Waals surface area (Å²) >= 11 is 5.88. The molecule has 0 amide bonds. The normalized spacial score (nSPS) is 12.5. The van der Waals surface area contributed by atoms with Crippen LogP contribution in [0.3, 0.4) is 0 Å². The van der Waals surface area contributed by atoms with E-state index in [9.17, 15) is 5.11 Å². The quantitative estimate of drug-likeness (QED) is 0.809. The van der Waals surface area contributed by atoms with Crippen molar-refractivity contribution >= 4 is 11.6 Å². The zero-order valence-electron chi connectivity index (χ0n) is 8.74. The van der Waals surface area contributed by atoms with Gasteiger partial charge in [0.2, 0.25) is 0 Å². The van der Waals surface area contributed by atoms with Crippen LogP contribution in [-0.4, -0.2) is 24.4 Å². The molecule has 4 heteroatoms. The molecule has 1 aromatic rings. The topological polar surface area (TPSA) is 55.5 Å². The number of ether oxygens (including phenoxy) is 1. The lowest BCUT2D eigenvalue weighted by Crippen LogP contribution is -2.21. The van der Waals surface area contributed by atoms with Crippen LogP contribution in [0.1, 0.15) is 12.0 Å². The van der Waals surface area contributed by atoms with Gasteiger partial charge in [-0.3, -0.25) is 0 Å². The third kappa shape index (κ3) is 4.08. The smallest absolute Gasteiger partial charge is 0.119 e. The second-order valence-electron chi connectivity index (χ2n) is 3.44. The van der Waals surface area contributed by atoms with Gasteiger partial charge in [-0.25, -0.2) is 0 Å². The van der Waals surface area contributed by atoms with E-state index in [1.54, 1.807) is 6.07 Å². The lowest BCUT2D eigenvalue weighted by Gasteiger charge is -2.10. The van der Waals surface area contributed by atoms with Gasteiger partial charge in [-0.15, -0.1) is 0 Å². The molecule has 0 fully saturated rings. The van der Waals surface area contributed by atoms with Gasteiger partial charge in [0, 0.05) is 18.0 Å². The van der Waals surface area contributed by atoms with Crippen LogP contribution in [0, 0.1) is 6.92 Å². The van der Waals surface area contributed by atoms with E-state index in [0.717, 1.165) is 16.3 Å². The minimum atomic E-state index is -0.488. The molecule has 3 N–H and O–H groups in total. The predicted molar refractivity (Wildman–Crippen MR) is 61.4 cm³/mol. The molecule has 0 aliphatic carbocycles. The zero-order chi connectivity index (χ0) is 11.3. The Balaban J connectivity index is 2.41. The van der Waals surface area contributed by atoms with Crippen LogP contribution >= 0.6 is 11.6 Å². The molecular formula is C11H16ClNO2. The first-order valence-electron chi connectivity index (χ1n) is 4.90. The maximum atomic E-state index is 9.21. The largest absolute Gasteiger partial charge is 0.493 e. The first-order chi connectivity index (χ1) is 7.13. The van der Waals surface area contributed by atoms with Crippen LogP contribution < -0.4 is 10.5 Å². The van der Waals surface area contributed by atoms with E-state index in [4.69, 9.17) is 22.1 Å². The third-order valence-corrected chi connectivity index (χ3v) is 2.55. The molecule has 0 bridgehead atoms. The Bertz CT molecular complexity index is 317. The average Bonchev–Trinajstić information content (AvgIpc) is 2.23. The van der Waals surface area contributed by atoms with Crippen molar-refractivity contribution in [3.8, 4) is 5.75 Å². The molecule has 1 unspecified atom stereocenters. The first-order valence-corrected chi connectivity index (χ1v) is 5.28. The lowest BCUT2D eigenvalue weighted by atomic mass is 10.2. The van der Waals surface area contributed by atoms with E-state index in [1.807, 2.05) is 19.1 Å². The molecule has 0 heterocycles. The molecule has 15 heavy (non-hydrogen) atoms. The van der Waals surface area contributed by atoms with Gasteiger partial charge in [-0.1, -0.05) is 11.6 Å². The summed E-state index contributed by atoms with van der Waals surface area (Å²) in [6.07, 6.45) is 0.0523. The molecule has 0 radical (unpaired) electrons. The summed E-state index contributed by atoms with van der Waals surface area (Å²) in [5.74, 6) is 0.765. The van der Waals surface area contributed by atoms with Crippen LogP contribution in [0.5, 0.6) is 5.75 Å². The van der Waals surface area contributed by atoms with Crippen molar-refractivity contribution in [3.63, 3.8) is 0 Å². The van der Waals surface area contributed by atoms with E-state index in [2.05, 4.69) is 0 Å². The van der Waals surface area contributed by atoms with Crippen LogP contribution in [0.25, 0.3) is 0 Å². The average molecular weight is 230 g/mol. The Morgan fingerprint density at radius 2 is 2.27 bits per heavy atom. The molecule has 1 rings (SSSR count). The highest BCUT2D eigenvalue weighted by Gasteiger charge is 2.02. The maximum absolute atomic E-state index is 9.21. The Morgan fingerprint density at radius 3 is 2.87 bits per heavy atom. The fraction of sp³-hybridized carbons (Fsp3) is 0.455. The summed E-state index contributed by atoms with van der Waals surface area (Å²) in [6.45, 7) is 2.65. The Labute approximate surface area is 94.8 Å². The highest BCUT2D eigenvalue weighted by molar-refractivity contribution is 6.31. The highest BCUT2D eigenvalue weighted by Crippen LogP contribution is 2.21. The molecule has 0 aliphatic heterocycles. The number of halogens is 1. The van der Waals surface area contributed by atoms with E-state index in [0.29, 0.717) is 13.0 Å². The minimum Gasteiger partial charge on any atom is -0.493 e. The summed E-state index contributed by atoms with van der Waals surface area (Å²) in [4.78, 5) is 0. The van der Waals surface area contributed by atoms with E-state index in [1.165, 1.54) is 0 Å². The Kier molecular flexibility index (Phi) is 4.88. The van der Waals surface area contributed by atoms with Gasteiger partial charge in [0.15, 0.2) is 0 Å². The molecule has 3 nitrogen and oxygen atoms in total. The summed E-state index contributed by atoms with van der Waals surface area (Å²) in [5.41, 5.74) is 6.25. The van der Waals surface area contributed by atoms with E-state index >= 15 is 0 Å². The van der Waals surface area contributed by atoms with Gasteiger partial charge < -0.3 is 15.6 Å². The Morgan fingerprint density at radius 1 is 1.53 bits per heavy atom. The first kappa shape index (κ1) is 12.3. The van der Waals surface area contributed by atoms with Crippen molar-refractivity contribution in [2.45, 2.75) is 19.4 Å². The van der Waals surface area contributed by atoms with Gasteiger partial charge in [-0.05, 0) is 30.7 Å². The molecule has 0 saturated heterocycles. The van der Waals surface area contributed by atoms with Crippen LogP contribution in [0.4, 0.5) is 0 Å². The molecule has 0 spiro atoms. The van der Waals surface area contributed by atoms with Crippen molar-refractivity contribution in [2.75, 3.05) is 13.2 Å². The molecular weight excluding hydrogens is 214 g/mol. The minimum absolute atomic E-state index is 0.267. The van der Waals surface area contributed by atoms with Gasteiger partial charge in [0.1, 0.15) is 5.75 Å². The van der Waals surface area contributed by atoms with Gasteiger partial charge in [0.25, 0.3) is 0 Å². The fourth-order valence-electron chi connectivity index (χ4n) is 1.14. The van der Waals surface area contributed by atoms with E-state index < -0.39 is 6.10 Å². The summed E-state index contributed by atoms with van der Waals surface area (Å²) in [5, 5.41) is 9.93. The van der Waals surface area contributed by atoms with Crippen molar-refractivity contribution < 1.29 is 9.84 Å². The number of hydrogen-bond acceptors (Lipinski definition) is 3. The summed E-state index contributed by atoms with van der Waals surface area (Å²) in [6, 6.07) is 5.48. The lowest BCUT2D eigenvalue weighted by molar-refractivity contribution is 0.146. The van der Waals surface area contributed by atoms with Crippen molar-refractivity contribution in [1.82, 2.24) is 0 Å². The van der Waals surface area contributed by atoms with Gasteiger partial charge >= 0.3 is 0 Å². The number of aryl methyl sites for hydroxylation is 1.